The SMILES string of the molecule is C=C(CCC(C)C1CC=C2C3=C(C(O)C(OC(C)=O)C21C)C1(C)CCC(OS(=O)(=O)O)C(C)(C)C1CC3)C(C)C. The van der Waals surface area contributed by atoms with Gasteiger partial charge in [-0.3, -0.25) is 9.35 Å². The molecule has 226 valence electrons. The lowest BCUT2D eigenvalue weighted by Crippen LogP contribution is -2.60. The lowest BCUT2D eigenvalue weighted by Gasteiger charge is -2.61. The smallest absolute Gasteiger partial charge is 0.397 e. The summed E-state index contributed by atoms with van der Waals surface area (Å²) < 4.78 is 44.0. The second-order valence-electron chi connectivity index (χ2n) is 14.3. The zero-order valence-corrected chi connectivity index (χ0v) is 26.4. The van der Waals surface area contributed by atoms with Crippen molar-refractivity contribution in [2.24, 2.45) is 39.9 Å². The number of hydrogen-bond acceptors (Lipinski definition) is 6. The number of hydrogen-bond donors (Lipinski definition) is 2. The maximum absolute atomic E-state index is 12.5. The lowest BCUT2D eigenvalue weighted by molar-refractivity contribution is -0.167. The van der Waals surface area contributed by atoms with Crippen molar-refractivity contribution in [2.75, 3.05) is 0 Å². The zero-order chi connectivity index (χ0) is 30.0. The Balaban J connectivity index is 1.75. The Hall–Kier alpha value is -1.48. The van der Waals surface area contributed by atoms with Crippen molar-refractivity contribution in [1.82, 2.24) is 0 Å². The number of rotatable bonds is 8. The number of fused-ring (bicyclic) bond motifs is 4. The predicted molar refractivity (Wildman–Crippen MR) is 156 cm³/mol. The maximum atomic E-state index is 12.5. The topological polar surface area (TPSA) is 110 Å². The third-order valence-corrected chi connectivity index (χ3v) is 11.9. The first-order chi connectivity index (χ1) is 18.4. The highest BCUT2D eigenvalue weighted by molar-refractivity contribution is 7.80. The highest BCUT2D eigenvalue weighted by Crippen LogP contribution is 2.67. The van der Waals surface area contributed by atoms with Crippen LogP contribution in [0.2, 0.25) is 0 Å². The van der Waals surface area contributed by atoms with E-state index in [1.54, 1.807) is 0 Å². The number of carbonyl (C=O) groups excluding carboxylic acids is 1. The maximum Gasteiger partial charge on any atom is 0.397 e. The number of carbonyl (C=O) groups is 1. The molecule has 1 fully saturated rings. The first-order valence-corrected chi connectivity index (χ1v) is 16.3. The fourth-order valence-corrected chi connectivity index (χ4v) is 9.85. The second kappa shape index (κ2) is 10.7. The van der Waals surface area contributed by atoms with Gasteiger partial charge < -0.3 is 9.84 Å². The van der Waals surface area contributed by atoms with Gasteiger partial charge in [-0.25, -0.2) is 4.18 Å². The second-order valence-corrected chi connectivity index (χ2v) is 15.4. The van der Waals surface area contributed by atoms with E-state index in [-0.39, 0.29) is 11.8 Å². The normalized spacial score (nSPS) is 37.8. The predicted octanol–water partition coefficient (Wildman–Crippen LogP) is 6.59. The monoisotopic (exact) mass is 578 g/mol. The molecule has 0 aromatic rings. The summed E-state index contributed by atoms with van der Waals surface area (Å²) in [6.07, 6.45) is 5.45. The quantitative estimate of drug-likeness (QED) is 0.190. The number of esters is 1. The van der Waals surface area contributed by atoms with E-state index in [1.165, 1.54) is 23.6 Å². The molecule has 1 saturated carbocycles. The summed E-state index contributed by atoms with van der Waals surface area (Å²) in [5.74, 6) is 0.617. The molecule has 2 N–H and O–H groups in total. The van der Waals surface area contributed by atoms with Crippen LogP contribution in [-0.2, 0) is 24.1 Å². The van der Waals surface area contributed by atoms with Gasteiger partial charge in [0.2, 0.25) is 0 Å². The van der Waals surface area contributed by atoms with Crippen molar-refractivity contribution in [1.29, 1.82) is 0 Å². The molecule has 0 amide bonds. The van der Waals surface area contributed by atoms with Crippen molar-refractivity contribution in [3.63, 3.8) is 0 Å². The van der Waals surface area contributed by atoms with Crippen LogP contribution in [0.15, 0.2) is 34.9 Å². The van der Waals surface area contributed by atoms with Crippen molar-refractivity contribution >= 4 is 16.4 Å². The average molecular weight is 579 g/mol. The molecule has 4 rings (SSSR count). The standard InChI is InChI=1S/C32H50O7S/c1-18(2)19(3)10-11-20(4)23-13-14-24-22-12-15-25-30(6,7)26(39-40(35,36)37)16-17-31(25,8)27(22)28(34)29(32(23,24)9)38-21(5)33/h14,18,20,23,25-26,28-29,34H,3,10-13,15-17H2,1-2,4-9H3,(H,35,36,37). The Morgan fingerprint density at radius 1 is 1.18 bits per heavy atom. The molecule has 0 aromatic heterocycles. The molecule has 0 saturated heterocycles. The number of ether oxygens (including phenoxy) is 1. The van der Waals surface area contributed by atoms with Gasteiger partial charge in [0.15, 0.2) is 0 Å². The number of allylic oxidation sites excluding steroid dienone is 3. The molecular weight excluding hydrogens is 528 g/mol. The van der Waals surface area contributed by atoms with Crippen LogP contribution in [0.3, 0.4) is 0 Å². The first kappa shape index (κ1) is 31.5. The van der Waals surface area contributed by atoms with Crippen molar-refractivity contribution in [3.8, 4) is 0 Å². The molecule has 7 nitrogen and oxygen atoms in total. The number of aliphatic hydroxyl groups is 1. The summed E-state index contributed by atoms with van der Waals surface area (Å²) in [5.41, 5.74) is 3.09. The van der Waals surface area contributed by atoms with Gasteiger partial charge in [-0.15, -0.1) is 0 Å². The molecule has 0 radical (unpaired) electrons. The summed E-state index contributed by atoms with van der Waals surface area (Å²) in [6, 6.07) is 0. The van der Waals surface area contributed by atoms with Gasteiger partial charge in [-0.1, -0.05) is 66.7 Å². The van der Waals surface area contributed by atoms with Crippen LogP contribution in [-0.4, -0.2) is 42.4 Å². The zero-order valence-electron chi connectivity index (χ0n) is 25.6. The summed E-state index contributed by atoms with van der Waals surface area (Å²) in [6.45, 7) is 20.6. The van der Waals surface area contributed by atoms with Crippen molar-refractivity contribution in [3.05, 3.63) is 34.9 Å². The molecule has 0 heterocycles. The summed E-state index contributed by atoms with van der Waals surface area (Å²) in [7, 11) is -4.59. The minimum atomic E-state index is -4.59. The molecule has 0 spiro atoms. The van der Waals surface area contributed by atoms with E-state index in [1.807, 2.05) is 13.8 Å². The van der Waals surface area contributed by atoms with Gasteiger partial charge in [0.25, 0.3) is 0 Å². The summed E-state index contributed by atoms with van der Waals surface area (Å²) in [4.78, 5) is 12.5. The van der Waals surface area contributed by atoms with Crippen LogP contribution >= 0.6 is 0 Å². The van der Waals surface area contributed by atoms with E-state index in [4.69, 9.17) is 8.92 Å². The van der Waals surface area contributed by atoms with Crippen LogP contribution in [0, 0.1) is 39.9 Å². The summed E-state index contributed by atoms with van der Waals surface area (Å²) >= 11 is 0. The molecule has 40 heavy (non-hydrogen) atoms. The molecule has 8 atom stereocenters. The molecule has 8 unspecified atom stereocenters. The Morgan fingerprint density at radius 2 is 1.82 bits per heavy atom. The first-order valence-electron chi connectivity index (χ1n) is 15.0. The fraction of sp³-hybridized carbons (Fsp3) is 0.781. The molecular formula is C32H50O7S. The molecule has 0 aliphatic heterocycles. The Labute approximate surface area is 241 Å². The third kappa shape index (κ3) is 5.16. The Kier molecular flexibility index (Phi) is 8.38. The van der Waals surface area contributed by atoms with Gasteiger partial charge in [-0.05, 0) is 96.2 Å². The molecule has 0 bridgehead atoms. The van der Waals surface area contributed by atoms with Crippen molar-refractivity contribution in [2.45, 2.75) is 119 Å². The molecule has 8 heteroatoms. The Bertz CT molecular complexity index is 1210. The van der Waals surface area contributed by atoms with Gasteiger partial charge in [0.05, 0.1) is 6.10 Å². The van der Waals surface area contributed by atoms with Crippen LogP contribution in [0.5, 0.6) is 0 Å². The van der Waals surface area contributed by atoms with E-state index in [0.29, 0.717) is 24.7 Å². The highest BCUT2D eigenvalue weighted by atomic mass is 32.3. The van der Waals surface area contributed by atoms with E-state index < -0.39 is 50.9 Å². The average Bonchev–Trinajstić information content (AvgIpc) is 3.18. The van der Waals surface area contributed by atoms with Gasteiger partial charge in [0, 0.05) is 12.3 Å². The minimum absolute atomic E-state index is 0.00926. The number of aliphatic hydroxyl groups excluding tert-OH is 1. The lowest BCUT2D eigenvalue weighted by atomic mass is 9.45. The molecule has 4 aliphatic rings. The van der Waals surface area contributed by atoms with Crippen LogP contribution in [0.4, 0.5) is 0 Å². The van der Waals surface area contributed by atoms with Crippen molar-refractivity contribution < 1.29 is 31.8 Å². The molecule has 4 aliphatic carbocycles. The van der Waals surface area contributed by atoms with Gasteiger partial charge in [0.1, 0.15) is 12.2 Å². The largest absolute Gasteiger partial charge is 0.458 e. The van der Waals surface area contributed by atoms with Gasteiger partial charge >= 0.3 is 16.4 Å². The van der Waals surface area contributed by atoms with E-state index >= 15 is 0 Å². The van der Waals surface area contributed by atoms with Gasteiger partial charge in [-0.2, -0.15) is 8.42 Å². The van der Waals surface area contributed by atoms with Crippen LogP contribution < -0.4 is 0 Å². The van der Waals surface area contributed by atoms with E-state index in [0.717, 1.165) is 37.7 Å². The highest BCUT2D eigenvalue weighted by Gasteiger charge is 2.64. The van der Waals surface area contributed by atoms with Crippen LogP contribution in [0.25, 0.3) is 0 Å². The minimum Gasteiger partial charge on any atom is -0.458 e. The fourth-order valence-electron chi connectivity index (χ4n) is 9.21. The Morgan fingerprint density at radius 3 is 2.40 bits per heavy atom. The van der Waals surface area contributed by atoms with E-state index in [9.17, 15) is 22.9 Å². The summed E-state index contributed by atoms with van der Waals surface area (Å²) in [5, 5.41) is 12.2. The third-order valence-electron chi connectivity index (χ3n) is 11.4. The van der Waals surface area contributed by atoms with E-state index in [2.05, 4.69) is 47.3 Å². The van der Waals surface area contributed by atoms with Crippen LogP contribution in [0.1, 0.15) is 100 Å². The molecule has 0 aromatic carbocycles.